The summed E-state index contributed by atoms with van der Waals surface area (Å²) in [4.78, 5) is 4.03. The monoisotopic (exact) mass is 653 g/mol. The molecule has 3 atom stereocenters. The first-order chi connectivity index (χ1) is 22.5. The van der Waals surface area contributed by atoms with E-state index in [1.165, 1.54) is 24.3 Å². The van der Waals surface area contributed by atoms with Crippen LogP contribution in [0.4, 0.5) is 37.7 Å². The van der Waals surface area contributed by atoms with E-state index in [9.17, 15) is 17.6 Å². The Balaban J connectivity index is 1.27. The van der Waals surface area contributed by atoms with Crippen molar-refractivity contribution in [3.8, 4) is 11.1 Å². The number of hydrogen-bond acceptors (Lipinski definition) is 4. The Hall–Kier alpha value is -3.99. The van der Waals surface area contributed by atoms with Gasteiger partial charge in [0.2, 0.25) is 0 Å². The lowest BCUT2D eigenvalue weighted by Gasteiger charge is -2.44. The second-order valence-corrected chi connectivity index (χ2v) is 13.4. The van der Waals surface area contributed by atoms with Gasteiger partial charge in [0.05, 0.1) is 30.0 Å². The molecule has 248 valence electrons. The van der Waals surface area contributed by atoms with Crippen LogP contribution in [-0.2, 0) is 19.6 Å². The predicted octanol–water partition coefficient (Wildman–Crippen LogP) is 8.16. The number of benzene rings is 3. The molecule has 0 unspecified atom stereocenters. The van der Waals surface area contributed by atoms with Crippen LogP contribution in [0.3, 0.4) is 0 Å². The Morgan fingerprint density at radius 1 is 0.979 bits per heavy atom. The number of nitrogens with zero attached hydrogens (tertiary/aromatic N) is 4. The molecule has 47 heavy (non-hydrogen) atoms. The van der Waals surface area contributed by atoms with Crippen molar-refractivity contribution in [3.63, 3.8) is 0 Å². The Kier molecular flexibility index (Phi) is 8.01. The topological polar surface area (TPSA) is 36.3 Å². The van der Waals surface area contributed by atoms with Crippen LogP contribution in [0.2, 0.25) is 0 Å². The number of anilines is 2. The smallest absolute Gasteiger partial charge is 0.380 e. The molecule has 4 aromatic rings. The van der Waals surface area contributed by atoms with E-state index in [0.29, 0.717) is 42.9 Å². The summed E-state index contributed by atoms with van der Waals surface area (Å²) in [5.41, 5.74) is 3.27. The van der Waals surface area contributed by atoms with E-state index in [2.05, 4.69) is 15.3 Å². The van der Waals surface area contributed by atoms with Crippen molar-refractivity contribution in [2.75, 3.05) is 36.5 Å². The number of nitrogens with one attached hydrogen (secondary N) is 1. The van der Waals surface area contributed by atoms with Crippen molar-refractivity contribution in [1.82, 2.24) is 14.7 Å². The summed E-state index contributed by atoms with van der Waals surface area (Å²) in [5, 5.41) is 7.65. The molecule has 1 saturated carbocycles. The van der Waals surface area contributed by atoms with Gasteiger partial charge in [-0.25, -0.2) is 8.78 Å². The average Bonchev–Trinajstić information content (AvgIpc) is 3.54. The maximum absolute atomic E-state index is 16.4. The summed E-state index contributed by atoms with van der Waals surface area (Å²) in [6.07, 6.45) is 2.14. The molecule has 1 aromatic heterocycles. The zero-order chi connectivity index (χ0) is 33.1. The highest BCUT2D eigenvalue weighted by molar-refractivity contribution is 5.67. The molecule has 3 aliphatic rings. The molecule has 2 aliphatic heterocycles. The number of aryl methyl sites for hydroxylation is 1. The minimum Gasteiger partial charge on any atom is -0.380 e. The molecule has 3 heterocycles. The number of likely N-dealkylation sites (tertiary alicyclic amines) is 1. The molecular formula is C36H37F6N5. The van der Waals surface area contributed by atoms with Crippen LogP contribution in [0.5, 0.6) is 0 Å². The van der Waals surface area contributed by atoms with Crippen LogP contribution in [0.15, 0.2) is 67.0 Å². The molecule has 5 nitrogen and oxygen atoms in total. The van der Waals surface area contributed by atoms with E-state index in [1.807, 2.05) is 43.3 Å². The number of hydrogen-bond donors (Lipinski definition) is 1. The Morgan fingerprint density at radius 2 is 1.70 bits per heavy atom. The highest BCUT2D eigenvalue weighted by Gasteiger charge is 2.54. The van der Waals surface area contributed by atoms with Crippen molar-refractivity contribution in [3.05, 3.63) is 101 Å². The number of alkyl halides is 4. The van der Waals surface area contributed by atoms with Gasteiger partial charge in [0.15, 0.2) is 0 Å². The minimum absolute atomic E-state index is 0.00302. The summed E-state index contributed by atoms with van der Waals surface area (Å²) < 4.78 is 87.6. The lowest BCUT2D eigenvalue weighted by molar-refractivity contribution is -0.137. The van der Waals surface area contributed by atoms with Gasteiger partial charge < -0.3 is 15.1 Å². The molecule has 3 aromatic carbocycles. The molecule has 7 rings (SSSR count). The molecular weight excluding hydrogens is 616 g/mol. The highest BCUT2D eigenvalue weighted by atomic mass is 19.4. The summed E-state index contributed by atoms with van der Waals surface area (Å²) in [7, 11) is 1.83. The van der Waals surface area contributed by atoms with Crippen LogP contribution >= 0.6 is 0 Å². The van der Waals surface area contributed by atoms with Crippen LogP contribution in [0.25, 0.3) is 11.1 Å². The van der Waals surface area contributed by atoms with E-state index in [1.54, 1.807) is 10.9 Å². The molecule has 1 aliphatic carbocycles. The largest absolute Gasteiger partial charge is 0.416 e. The van der Waals surface area contributed by atoms with Gasteiger partial charge in [-0.2, -0.15) is 18.3 Å². The van der Waals surface area contributed by atoms with Gasteiger partial charge in [-0.1, -0.05) is 18.2 Å². The van der Waals surface area contributed by atoms with Crippen molar-refractivity contribution in [2.24, 2.45) is 12.5 Å². The fraction of sp³-hybridized carbons (Fsp3) is 0.417. The molecule has 1 spiro atoms. The van der Waals surface area contributed by atoms with Gasteiger partial charge in [0.1, 0.15) is 11.6 Å². The summed E-state index contributed by atoms with van der Waals surface area (Å²) in [6, 6.07) is 11.9. The Morgan fingerprint density at radius 3 is 2.32 bits per heavy atom. The standard InChI is InChI=1S/C36H37F6N5/c1-22-14-24-15-23(25-18-43-45(2)19-25)4-9-29(24)34(47(22)28-7-5-26(6-8-28)36(40,41)42)33-30(38)16-27(17-31(33)39)44-32-20-46(13-3-12-37)21-35(32)10-11-35/h4-9,15-19,22,32,34,44H,3,10-14,20-21H2,1-2H3/t22-,32-,34+/m1/s1. The van der Waals surface area contributed by atoms with Gasteiger partial charge in [0, 0.05) is 67.3 Å². The third-order valence-electron chi connectivity index (χ3n) is 10.1. The quantitative estimate of drug-likeness (QED) is 0.195. The zero-order valence-corrected chi connectivity index (χ0v) is 26.3. The van der Waals surface area contributed by atoms with Gasteiger partial charge >= 0.3 is 6.18 Å². The van der Waals surface area contributed by atoms with E-state index in [4.69, 9.17) is 0 Å². The second-order valence-electron chi connectivity index (χ2n) is 13.4. The first kappa shape index (κ1) is 31.6. The fourth-order valence-corrected chi connectivity index (χ4v) is 7.66. The lowest BCUT2D eigenvalue weighted by Crippen LogP contribution is -2.43. The first-order valence-corrected chi connectivity index (χ1v) is 16.1. The van der Waals surface area contributed by atoms with Crippen LogP contribution in [-0.4, -0.2) is 53.1 Å². The zero-order valence-electron chi connectivity index (χ0n) is 26.3. The van der Waals surface area contributed by atoms with E-state index in [-0.39, 0.29) is 29.7 Å². The Labute approximate surface area is 270 Å². The molecule has 11 heteroatoms. The van der Waals surface area contributed by atoms with Gasteiger partial charge in [-0.15, -0.1) is 0 Å². The van der Waals surface area contributed by atoms with Crippen molar-refractivity contribution in [1.29, 1.82) is 0 Å². The normalized spacial score (nSPS) is 22.1. The Bertz CT molecular complexity index is 1740. The SMILES string of the molecule is C[C@@H]1Cc2cc(-c3cnn(C)c3)ccc2[C@@H](c2c(F)cc(N[C@@H]3CN(CCCF)CC34CC4)cc2F)N1c1ccc(C(F)(F)F)cc1. The molecule has 0 bridgehead atoms. The lowest BCUT2D eigenvalue weighted by atomic mass is 9.82. The van der Waals surface area contributed by atoms with E-state index < -0.39 is 29.4 Å². The predicted molar refractivity (Wildman–Crippen MR) is 170 cm³/mol. The minimum atomic E-state index is -4.51. The summed E-state index contributed by atoms with van der Waals surface area (Å²) >= 11 is 0. The number of rotatable bonds is 8. The van der Waals surface area contributed by atoms with Crippen molar-refractivity contribution >= 4 is 11.4 Å². The third kappa shape index (κ3) is 5.98. The number of halogens is 6. The van der Waals surface area contributed by atoms with Crippen molar-refractivity contribution in [2.45, 2.75) is 56.9 Å². The second kappa shape index (κ2) is 11.9. The van der Waals surface area contributed by atoms with Gasteiger partial charge in [-0.3, -0.25) is 9.07 Å². The first-order valence-electron chi connectivity index (χ1n) is 16.1. The third-order valence-corrected chi connectivity index (χ3v) is 10.1. The maximum Gasteiger partial charge on any atom is 0.416 e. The maximum atomic E-state index is 16.4. The van der Waals surface area contributed by atoms with E-state index >= 15 is 8.78 Å². The van der Waals surface area contributed by atoms with Gasteiger partial charge in [-0.05, 0) is 85.7 Å². The highest BCUT2D eigenvalue weighted by Crippen LogP contribution is 2.54. The number of fused-ring (bicyclic) bond motifs is 1. The van der Waals surface area contributed by atoms with Crippen molar-refractivity contribution < 1.29 is 26.3 Å². The molecule has 1 saturated heterocycles. The summed E-state index contributed by atoms with van der Waals surface area (Å²) in [5.74, 6) is -1.47. The average molecular weight is 654 g/mol. The van der Waals surface area contributed by atoms with Gasteiger partial charge in [0.25, 0.3) is 0 Å². The fourth-order valence-electron chi connectivity index (χ4n) is 7.66. The molecule has 1 N–H and O–H groups in total. The summed E-state index contributed by atoms with van der Waals surface area (Å²) in [6.45, 7) is 3.71. The molecule has 2 fully saturated rings. The molecule has 0 amide bonds. The van der Waals surface area contributed by atoms with Crippen LogP contribution < -0.4 is 10.2 Å². The van der Waals surface area contributed by atoms with E-state index in [0.717, 1.165) is 48.2 Å². The van der Waals surface area contributed by atoms with Crippen LogP contribution in [0.1, 0.15) is 54.5 Å². The number of aromatic nitrogens is 2. The molecule has 0 radical (unpaired) electrons. The van der Waals surface area contributed by atoms with Crippen LogP contribution in [0, 0.1) is 17.0 Å².